The molecule has 1 saturated heterocycles. The van der Waals surface area contributed by atoms with Crippen molar-refractivity contribution in [2.24, 2.45) is 10.8 Å². The van der Waals surface area contributed by atoms with Gasteiger partial charge in [-0.25, -0.2) is 13.2 Å². The van der Waals surface area contributed by atoms with Gasteiger partial charge in [0.25, 0.3) is 5.91 Å². The lowest BCUT2D eigenvalue weighted by atomic mass is 9.85. The van der Waals surface area contributed by atoms with Crippen molar-refractivity contribution < 1.29 is 32.4 Å². The first kappa shape index (κ1) is 38.7. The monoisotopic (exact) mass is 704 g/mol. The van der Waals surface area contributed by atoms with Gasteiger partial charge in [0, 0.05) is 43.5 Å². The van der Waals surface area contributed by atoms with Gasteiger partial charge in [-0.2, -0.15) is 4.31 Å². The van der Waals surface area contributed by atoms with E-state index < -0.39 is 74.6 Å². The van der Waals surface area contributed by atoms with Gasteiger partial charge in [-0.15, -0.1) is 30.3 Å². The molecule has 4 atom stereocenters. The van der Waals surface area contributed by atoms with Gasteiger partial charge in [0.1, 0.15) is 12.1 Å². The van der Waals surface area contributed by atoms with Gasteiger partial charge in [0.15, 0.2) is 0 Å². The molecule has 0 aromatic carbocycles. The fraction of sp³-hybridized carbons (Fsp3) is 0.606. The Morgan fingerprint density at radius 1 is 1.10 bits per heavy atom. The molecule has 3 rings (SSSR count). The molecule has 15 heteroatoms. The Hall–Kier alpha value is -3.74. The molecule has 0 saturated carbocycles. The van der Waals surface area contributed by atoms with Crippen molar-refractivity contribution >= 4 is 50.9 Å². The first-order chi connectivity index (χ1) is 22.3. The van der Waals surface area contributed by atoms with E-state index >= 15 is 0 Å². The number of urea groups is 1. The van der Waals surface area contributed by atoms with Crippen molar-refractivity contribution in [3.05, 3.63) is 29.0 Å². The number of rotatable bonds is 13. The second kappa shape index (κ2) is 15.7. The van der Waals surface area contributed by atoms with Crippen molar-refractivity contribution in [2.75, 3.05) is 19.6 Å². The summed E-state index contributed by atoms with van der Waals surface area (Å²) in [5, 5.41) is 12.5. The van der Waals surface area contributed by atoms with Crippen molar-refractivity contribution in [3.8, 4) is 12.3 Å². The van der Waals surface area contributed by atoms with Crippen LogP contribution in [-0.4, -0.2) is 91.0 Å². The van der Waals surface area contributed by atoms with Crippen LogP contribution in [0.5, 0.6) is 0 Å². The Balaban J connectivity index is 1.74. The van der Waals surface area contributed by atoms with E-state index in [2.05, 4.69) is 33.8 Å². The normalized spacial score (nSPS) is 19.3. The van der Waals surface area contributed by atoms with Crippen LogP contribution in [-0.2, 0) is 35.7 Å². The Labute approximate surface area is 287 Å². The zero-order valence-electron chi connectivity index (χ0n) is 28.6. The van der Waals surface area contributed by atoms with E-state index in [0.717, 1.165) is 4.88 Å². The van der Waals surface area contributed by atoms with E-state index in [1.165, 1.54) is 26.6 Å². The smallest absolute Gasteiger partial charge is 0.315 e. The number of hydrogen-bond acceptors (Lipinski definition) is 8. The van der Waals surface area contributed by atoms with Gasteiger partial charge in [-0.05, 0) is 41.5 Å². The molecule has 264 valence electrons. The molecule has 1 aromatic heterocycles. The van der Waals surface area contributed by atoms with Crippen LogP contribution in [0.15, 0.2) is 29.0 Å². The highest BCUT2D eigenvalue weighted by Gasteiger charge is 2.44. The van der Waals surface area contributed by atoms with Crippen molar-refractivity contribution in [3.63, 3.8) is 0 Å². The molecular formula is C33H48N6O7S2. The maximum Gasteiger partial charge on any atom is 0.315 e. The van der Waals surface area contributed by atoms with Gasteiger partial charge in [0.2, 0.25) is 27.6 Å². The van der Waals surface area contributed by atoms with Crippen molar-refractivity contribution in [2.45, 2.75) is 103 Å². The second-order valence-electron chi connectivity index (χ2n) is 14.2. The number of ketones is 1. The summed E-state index contributed by atoms with van der Waals surface area (Å²) in [4.78, 5) is 68.7. The minimum Gasteiger partial charge on any atom is -0.346 e. The van der Waals surface area contributed by atoms with E-state index in [0.29, 0.717) is 12.8 Å². The van der Waals surface area contributed by atoms with Crippen LogP contribution >= 0.6 is 11.3 Å². The molecule has 2 aliphatic rings. The summed E-state index contributed by atoms with van der Waals surface area (Å²) in [6, 6.07) is -2.85. The molecule has 4 N–H and O–H groups in total. The van der Waals surface area contributed by atoms with Gasteiger partial charge in [-0.1, -0.05) is 47.6 Å². The van der Waals surface area contributed by atoms with Gasteiger partial charge >= 0.3 is 6.03 Å². The first-order valence-electron chi connectivity index (χ1n) is 15.9. The van der Waals surface area contributed by atoms with Gasteiger partial charge < -0.3 is 26.2 Å². The van der Waals surface area contributed by atoms with Gasteiger partial charge in [0.05, 0.1) is 10.9 Å². The summed E-state index contributed by atoms with van der Waals surface area (Å²) in [6.45, 7) is 15.1. The lowest BCUT2D eigenvalue weighted by Crippen LogP contribution is -2.61. The summed E-state index contributed by atoms with van der Waals surface area (Å²) < 4.78 is 27.6. The van der Waals surface area contributed by atoms with Crippen LogP contribution in [0.25, 0.3) is 0 Å². The van der Waals surface area contributed by atoms with E-state index in [9.17, 15) is 32.4 Å². The highest BCUT2D eigenvalue weighted by Crippen LogP contribution is 2.35. The third-order valence-electron chi connectivity index (χ3n) is 8.45. The van der Waals surface area contributed by atoms with E-state index in [1.54, 1.807) is 32.2 Å². The third-order valence-corrected chi connectivity index (χ3v) is 11.4. The van der Waals surface area contributed by atoms with E-state index in [-0.39, 0.29) is 43.9 Å². The average Bonchev–Trinajstić information content (AvgIpc) is 3.73. The SMILES string of the molecule is C#CCCC(NC(=O)[C@@H]1CCCN1C(=O)[C@@H](NC(=O)N[C@H](CN1Cc2sccc2S1(=O)=O)C(C)(C)C)C(C)(C)C)C(=O)C(=O)NCC=C. The fourth-order valence-electron chi connectivity index (χ4n) is 5.58. The summed E-state index contributed by atoms with van der Waals surface area (Å²) >= 11 is 1.37. The van der Waals surface area contributed by atoms with Crippen molar-refractivity contribution in [1.29, 1.82) is 0 Å². The molecule has 0 aliphatic carbocycles. The molecule has 1 aromatic rings. The average molecular weight is 705 g/mol. The lowest BCUT2D eigenvalue weighted by Gasteiger charge is -2.37. The standard InChI is InChI=1S/C33H48N6O7S2/c1-9-11-13-21(26(40)29(42)34-16-10-2)35-28(41)22-14-12-17-39(22)30(43)27(33(6,7)8)37-31(44)36-25(32(3,4)5)20-38-19-23-24(15-18-47-23)48(38,45)46/h1,10,15,18,21-22,25,27H,2,11-14,16-17,19-20H2,3-8H3,(H,34,42)(H,35,41)(H2,36,37,44)/t21?,22-,25+,27+/m0/s1. The lowest BCUT2D eigenvalue weighted by molar-refractivity contribution is -0.143. The molecular weight excluding hydrogens is 657 g/mol. The Kier molecular flexibility index (Phi) is 12.6. The molecule has 1 unspecified atom stereocenters. The largest absolute Gasteiger partial charge is 0.346 e. The molecule has 13 nitrogen and oxygen atoms in total. The molecule has 0 spiro atoms. The molecule has 1 fully saturated rings. The highest BCUT2D eigenvalue weighted by molar-refractivity contribution is 7.89. The number of Topliss-reactive ketones (excluding diaryl/α,β-unsaturated/α-hetero) is 1. The summed E-state index contributed by atoms with van der Waals surface area (Å²) in [5.41, 5.74) is -1.32. The number of sulfonamides is 1. The number of fused-ring (bicyclic) bond motifs is 1. The van der Waals surface area contributed by atoms with Crippen LogP contribution in [0.3, 0.4) is 0 Å². The minimum atomic E-state index is -3.69. The van der Waals surface area contributed by atoms with Crippen LogP contribution in [0.4, 0.5) is 4.79 Å². The maximum absolute atomic E-state index is 14.1. The molecule has 5 amide bonds. The number of nitrogens with one attached hydrogen (secondary N) is 4. The van der Waals surface area contributed by atoms with Crippen LogP contribution < -0.4 is 21.3 Å². The predicted octanol–water partition coefficient (Wildman–Crippen LogP) is 2.14. The summed E-state index contributed by atoms with van der Waals surface area (Å²) in [7, 11) is -3.69. The molecule has 0 radical (unpaired) electrons. The summed E-state index contributed by atoms with van der Waals surface area (Å²) in [6.07, 6.45) is 7.80. The zero-order chi connectivity index (χ0) is 36.0. The quantitative estimate of drug-likeness (QED) is 0.138. The molecule has 2 aliphatic heterocycles. The zero-order valence-corrected chi connectivity index (χ0v) is 30.2. The maximum atomic E-state index is 14.1. The fourth-order valence-corrected chi connectivity index (χ4v) is 8.51. The number of nitrogens with zero attached hydrogens (tertiary/aromatic N) is 2. The van der Waals surface area contributed by atoms with E-state index in [4.69, 9.17) is 6.42 Å². The Bertz CT molecular complexity index is 1550. The third kappa shape index (κ3) is 9.24. The topological polar surface area (TPSA) is 174 Å². The number of hydrogen-bond donors (Lipinski definition) is 4. The number of carbonyl (C=O) groups is 5. The van der Waals surface area contributed by atoms with Crippen LogP contribution in [0.2, 0.25) is 0 Å². The number of terminal acetylenes is 1. The predicted molar refractivity (Wildman–Crippen MR) is 183 cm³/mol. The first-order valence-corrected chi connectivity index (χ1v) is 18.3. The number of thiophene rings is 1. The Morgan fingerprint density at radius 2 is 1.79 bits per heavy atom. The molecule has 48 heavy (non-hydrogen) atoms. The van der Waals surface area contributed by atoms with Crippen LogP contribution in [0.1, 0.15) is 72.1 Å². The highest BCUT2D eigenvalue weighted by atomic mass is 32.2. The number of carbonyl (C=O) groups excluding carboxylic acids is 5. The second-order valence-corrected chi connectivity index (χ2v) is 17.1. The minimum absolute atomic E-state index is 0.0360. The van der Waals surface area contributed by atoms with Gasteiger partial charge in [-0.3, -0.25) is 19.2 Å². The number of amides is 5. The summed E-state index contributed by atoms with van der Waals surface area (Å²) in [5.74, 6) is -0.408. The molecule has 0 bridgehead atoms. The Morgan fingerprint density at radius 3 is 2.38 bits per heavy atom. The van der Waals surface area contributed by atoms with E-state index in [1.807, 2.05) is 20.8 Å². The molecule has 3 heterocycles. The number of likely N-dealkylation sites (tertiary alicyclic amines) is 1. The van der Waals surface area contributed by atoms with Crippen LogP contribution in [0, 0.1) is 23.2 Å². The van der Waals surface area contributed by atoms with Crippen molar-refractivity contribution in [1.82, 2.24) is 30.5 Å².